The summed E-state index contributed by atoms with van der Waals surface area (Å²) in [7, 11) is 0. The number of nitrogen functional groups attached to an aromatic ring is 1. The summed E-state index contributed by atoms with van der Waals surface area (Å²) in [6.07, 6.45) is -5.70. The Morgan fingerprint density at radius 1 is 0.787 bits per heavy atom. The first kappa shape index (κ1) is 34.1. The Kier molecular flexibility index (Phi) is 10.9. The first-order valence-electron chi connectivity index (χ1n) is 14.2. The summed E-state index contributed by atoms with van der Waals surface area (Å²) in [5.74, 6) is -3.27. The molecular formula is C31H33N5O11. The number of benzene rings is 2. The maximum absolute atomic E-state index is 13.3. The van der Waals surface area contributed by atoms with Crippen molar-refractivity contribution in [2.45, 2.75) is 58.3 Å². The third-order valence-electron chi connectivity index (χ3n) is 6.66. The maximum atomic E-state index is 13.3. The Morgan fingerprint density at radius 3 is 1.94 bits per heavy atom. The summed E-state index contributed by atoms with van der Waals surface area (Å²) < 4.78 is 28.3. The largest absolute Gasteiger partial charge is 0.463 e. The van der Waals surface area contributed by atoms with Crippen molar-refractivity contribution in [2.75, 3.05) is 23.0 Å². The first-order chi connectivity index (χ1) is 22.3. The van der Waals surface area contributed by atoms with Crippen LogP contribution in [0.3, 0.4) is 0 Å². The lowest BCUT2D eigenvalue weighted by Gasteiger charge is -2.44. The average molecular weight is 652 g/mol. The third kappa shape index (κ3) is 9.13. The van der Waals surface area contributed by atoms with Crippen LogP contribution < -0.4 is 22.1 Å². The lowest BCUT2D eigenvalue weighted by atomic mass is 9.97. The summed E-state index contributed by atoms with van der Waals surface area (Å²) in [4.78, 5) is 77.6. The molecule has 4 rings (SSSR count). The van der Waals surface area contributed by atoms with Crippen LogP contribution in [0.4, 0.5) is 22.9 Å². The molecule has 5 atom stereocenters. The molecule has 2 aromatic carbocycles. The Morgan fingerprint density at radius 2 is 1.36 bits per heavy atom. The molecule has 4 N–H and O–H groups in total. The van der Waals surface area contributed by atoms with Crippen LogP contribution in [0.25, 0.3) is 0 Å². The lowest BCUT2D eigenvalue weighted by Crippen LogP contribution is -2.61. The van der Waals surface area contributed by atoms with Gasteiger partial charge in [-0.3, -0.25) is 28.5 Å². The fourth-order valence-corrected chi connectivity index (χ4v) is 4.73. The number of nitrogens with one attached hydrogen (secondary N) is 2. The minimum Gasteiger partial charge on any atom is -0.463 e. The smallest absolute Gasteiger partial charge is 0.351 e. The predicted octanol–water partition coefficient (Wildman–Crippen LogP) is 2.08. The minimum atomic E-state index is -1.48. The number of carbonyl (C=O) groups is 5. The molecule has 0 bridgehead atoms. The van der Waals surface area contributed by atoms with Crippen LogP contribution in [0.15, 0.2) is 65.6 Å². The van der Waals surface area contributed by atoms with Gasteiger partial charge in [-0.05, 0) is 54.6 Å². The monoisotopic (exact) mass is 651 g/mol. The van der Waals surface area contributed by atoms with Gasteiger partial charge in [0.1, 0.15) is 18.5 Å². The number of esters is 4. The molecule has 0 unspecified atom stereocenters. The van der Waals surface area contributed by atoms with Gasteiger partial charge in [0, 0.05) is 56.5 Å². The van der Waals surface area contributed by atoms with E-state index in [1.165, 1.54) is 12.3 Å². The summed E-state index contributed by atoms with van der Waals surface area (Å²) >= 11 is 0. The van der Waals surface area contributed by atoms with Gasteiger partial charge in [-0.15, -0.1) is 0 Å². The first-order valence-corrected chi connectivity index (χ1v) is 14.2. The van der Waals surface area contributed by atoms with Gasteiger partial charge in [-0.1, -0.05) is 0 Å². The number of ether oxygens (including phenoxy) is 5. The molecule has 1 amide bonds. The average Bonchev–Trinajstić information content (AvgIpc) is 2.99. The molecular weight excluding hydrogens is 618 g/mol. The highest BCUT2D eigenvalue weighted by Crippen LogP contribution is 2.34. The molecule has 0 spiro atoms. The van der Waals surface area contributed by atoms with Crippen LogP contribution in [0, 0.1) is 0 Å². The Labute approximate surface area is 268 Å². The van der Waals surface area contributed by atoms with Gasteiger partial charge >= 0.3 is 29.6 Å². The van der Waals surface area contributed by atoms with Crippen LogP contribution in [0.2, 0.25) is 0 Å². The molecule has 0 saturated carbocycles. The number of aromatic nitrogens is 2. The fraction of sp³-hybridized carbons (Fsp3) is 0.323. The zero-order valence-corrected chi connectivity index (χ0v) is 25.8. The molecule has 1 fully saturated rings. The number of hydrogen-bond acceptors (Lipinski definition) is 14. The van der Waals surface area contributed by atoms with Crippen molar-refractivity contribution < 1.29 is 47.7 Å². The maximum Gasteiger partial charge on any atom is 0.351 e. The van der Waals surface area contributed by atoms with Crippen LogP contribution in [-0.4, -0.2) is 70.4 Å². The van der Waals surface area contributed by atoms with Gasteiger partial charge < -0.3 is 40.1 Å². The van der Waals surface area contributed by atoms with E-state index in [4.69, 9.17) is 29.4 Å². The number of carbonyl (C=O) groups excluding carboxylic acids is 5. The van der Waals surface area contributed by atoms with E-state index in [1.54, 1.807) is 48.5 Å². The van der Waals surface area contributed by atoms with E-state index in [2.05, 4.69) is 15.6 Å². The molecule has 1 aliphatic heterocycles. The van der Waals surface area contributed by atoms with Crippen LogP contribution in [0.1, 0.15) is 44.3 Å². The summed E-state index contributed by atoms with van der Waals surface area (Å²) in [6, 6.07) is 14.5. The van der Waals surface area contributed by atoms with Gasteiger partial charge in [0.05, 0.1) is 0 Å². The molecule has 3 aromatic rings. The zero-order chi connectivity index (χ0) is 34.2. The molecule has 16 nitrogen and oxygen atoms in total. The van der Waals surface area contributed by atoms with Crippen molar-refractivity contribution in [3.8, 4) is 0 Å². The number of amides is 1. The van der Waals surface area contributed by atoms with E-state index in [9.17, 15) is 28.8 Å². The number of anilines is 4. The highest BCUT2D eigenvalue weighted by Gasteiger charge is 2.53. The highest BCUT2D eigenvalue weighted by atomic mass is 16.7. The van der Waals surface area contributed by atoms with Crippen molar-refractivity contribution in [3.05, 3.63) is 76.8 Å². The molecule has 0 radical (unpaired) electrons. The third-order valence-corrected chi connectivity index (χ3v) is 6.66. The normalized spacial score (nSPS) is 20.3. The van der Waals surface area contributed by atoms with E-state index >= 15 is 0 Å². The standard InChI is InChI=1S/C31H33N5O11/c1-16(37)43-15-24-26(44-17(2)38)27(45-18(3)39)28(46-19(4)40)30(47-24)36-14-13-25(35-31(36)42)33-22-9-11-23(12-10-22)34-29(41)20-5-7-21(32)8-6-20/h5-14,24,26-28,30H,15,32H2,1-4H3,(H,34,41)(H,33,35,42)/t24-,26-,27+,28-,30-/m1/s1. The van der Waals surface area contributed by atoms with E-state index in [-0.39, 0.29) is 11.7 Å². The Hall–Kier alpha value is -5.77. The number of nitrogens with zero attached hydrogens (tertiary/aromatic N) is 2. The Bertz CT molecular complexity index is 1690. The quantitative estimate of drug-likeness (QED) is 0.163. The SMILES string of the molecule is CC(=O)OC[C@H]1O[C@@H](n2ccc(Nc3ccc(NC(=O)c4ccc(N)cc4)cc3)nc2=O)[C@H](OC(C)=O)[C@@H](OC(C)=O)[C@@H]1OC(C)=O. The molecule has 0 aliphatic carbocycles. The number of nitrogens with two attached hydrogens (primary N) is 1. The molecule has 1 aromatic heterocycles. The summed E-state index contributed by atoms with van der Waals surface area (Å²) in [5.41, 5.74) is 6.84. The molecule has 47 heavy (non-hydrogen) atoms. The van der Waals surface area contributed by atoms with E-state index in [1.807, 2.05) is 0 Å². The topological polar surface area (TPSA) is 216 Å². The van der Waals surface area contributed by atoms with Crippen molar-refractivity contribution in [1.82, 2.24) is 9.55 Å². The van der Waals surface area contributed by atoms with Crippen molar-refractivity contribution >= 4 is 52.7 Å². The minimum absolute atomic E-state index is 0.135. The van der Waals surface area contributed by atoms with Crippen LogP contribution in [0.5, 0.6) is 0 Å². The Balaban J connectivity index is 1.57. The van der Waals surface area contributed by atoms with Crippen molar-refractivity contribution in [2.24, 2.45) is 0 Å². The van der Waals surface area contributed by atoms with Crippen LogP contribution >= 0.6 is 0 Å². The fourth-order valence-electron chi connectivity index (χ4n) is 4.73. The summed E-state index contributed by atoms with van der Waals surface area (Å²) in [5, 5.41) is 5.75. The van der Waals surface area contributed by atoms with Gasteiger partial charge in [0.15, 0.2) is 24.5 Å². The number of hydrogen-bond donors (Lipinski definition) is 3. The molecule has 1 aliphatic rings. The predicted molar refractivity (Wildman–Crippen MR) is 164 cm³/mol. The van der Waals surface area contributed by atoms with Gasteiger partial charge in [0.2, 0.25) is 0 Å². The number of rotatable bonds is 10. The second-order valence-corrected chi connectivity index (χ2v) is 10.4. The van der Waals surface area contributed by atoms with Crippen LogP contribution in [-0.2, 0) is 42.9 Å². The molecule has 248 valence electrons. The summed E-state index contributed by atoms with van der Waals surface area (Å²) in [6.45, 7) is 3.99. The van der Waals surface area contributed by atoms with E-state index < -0.39 is 66.8 Å². The van der Waals surface area contributed by atoms with Gasteiger partial charge in [-0.25, -0.2) is 4.79 Å². The highest BCUT2D eigenvalue weighted by molar-refractivity contribution is 6.04. The van der Waals surface area contributed by atoms with E-state index in [0.29, 0.717) is 22.6 Å². The zero-order valence-electron chi connectivity index (χ0n) is 25.8. The van der Waals surface area contributed by atoms with Gasteiger partial charge in [-0.2, -0.15) is 4.98 Å². The van der Waals surface area contributed by atoms with E-state index in [0.717, 1.165) is 32.3 Å². The molecule has 16 heteroatoms. The van der Waals surface area contributed by atoms with Crippen molar-refractivity contribution in [3.63, 3.8) is 0 Å². The second kappa shape index (κ2) is 15.0. The molecule has 1 saturated heterocycles. The second-order valence-electron chi connectivity index (χ2n) is 10.4. The van der Waals surface area contributed by atoms with Crippen molar-refractivity contribution in [1.29, 1.82) is 0 Å². The van der Waals surface area contributed by atoms with Gasteiger partial charge in [0.25, 0.3) is 5.91 Å². The lowest BCUT2D eigenvalue weighted by molar-refractivity contribution is -0.269. The molecule has 2 heterocycles.